The largest absolute Gasteiger partial charge is 0.462 e. The van der Waals surface area contributed by atoms with Crippen LogP contribution in [0.15, 0.2) is 40.1 Å². The Labute approximate surface area is 216 Å². The van der Waals surface area contributed by atoms with Crippen molar-refractivity contribution in [3.63, 3.8) is 0 Å². The summed E-state index contributed by atoms with van der Waals surface area (Å²) in [6.45, 7) is 5.59. The van der Waals surface area contributed by atoms with Crippen LogP contribution in [-0.4, -0.2) is 66.4 Å². The number of benzene rings is 1. The van der Waals surface area contributed by atoms with E-state index in [0.717, 1.165) is 49.9 Å². The van der Waals surface area contributed by atoms with Gasteiger partial charge in [0.1, 0.15) is 29.3 Å². The highest BCUT2D eigenvalue weighted by atomic mass is 16.5. The molecule has 1 aromatic heterocycles. The number of aryl methyl sites for hydroxylation is 1. The molecule has 2 aliphatic heterocycles. The topological polar surface area (TPSA) is 128 Å². The lowest BCUT2D eigenvalue weighted by Gasteiger charge is -2.28. The summed E-state index contributed by atoms with van der Waals surface area (Å²) in [7, 11) is 0. The van der Waals surface area contributed by atoms with Crippen molar-refractivity contribution in [1.29, 1.82) is 5.26 Å². The van der Waals surface area contributed by atoms with E-state index in [1.807, 2.05) is 25.1 Å². The van der Waals surface area contributed by atoms with Gasteiger partial charge in [0.25, 0.3) is 0 Å². The van der Waals surface area contributed by atoms with Gasteiger partial charge in [0.05, 0.1) is 13.2 Å². The van der Waals surface area contributed by atoms with Crippen LogP contribution in [0.3, 0.4) is 0 Å². The van der Waals surface area contributed by atoms with Crippen molar-refractivity contribution in [2.24, 2.45) is 0 Å². The summed E-state index contributed by atoms with van der Waals surface area (Å²) in [5, 5.41) is 16.9. The number of carbonyl (C=O) groups is 3. The fourth-order valence-corrected chi connectivity index (χ4v) is 4.78. The number of fused-ring (bicyclic) bond motifs is 1. The maximum atomic E-state index is 13.5. The number of nitriles is 1. The summed E-state index contributed by atoms with van der Waals surface area (Å²) in [4.78, 5) is 42.3. The number of anilines is 1. The van der Waals surface area contributed by atoms with Crippen molar-refractivity contribution < 1.29 is 23.5 Å². The van der Waals surface area contributed by atoms with Crippen LogP contribution in [0.25, 0.3) is 11.0 Å². The number of rotatable bonds is 8. The summed E-state index contributed by atoms with van der Waals surface area (Å²) < 4.78 is 10.7. The second-order valence-electron chi connectivity index (χ2n) is 9.36. The fourth-order valence-electron chi connectivity index (χ4n) is 4.78. The Bertz CT molecular complexity index is 1240. The molecule has 3 heterocycles. The molecule has 1 atom stereocenters. The highest BCUT2D eigenvalue weighted by molar-refractivity contribution is 5.95. The average Bonchev–Trinajstić information content (AvgIpc) is 3.50. The van der Waals surface area contributed by atoms with Crippen LogP contribution in [0.1, 0.15) is 44.8 Å². The van der Waals surface area contributed by atoms with Gasteiger partial charge in [-0.15, -0.1) is 0 Å². The highest BCUT2D eigenvalue weighted by Crippen LogP contribution is 2.24. The molecular formula is C27H33N5O5. The lowest BCUT2D eigenvalue weighted by molar-refractivity contribution is -0.140. The van der Waals surface area contributed by atoms with Crippen LogP contribution in [0.2, 0.25) is 0 Å². The first-order valence-electron chi connectivity index (χ1n) is 12.8. The molecule has 0 aliphatic carbocycles. The van der Waals surface area contributed by atoms with Crippen LogP contribution in [0.5, 0.6) is 0 Å². The standard InChI is InChI=1S/C27H33N5O5/c1-3-36-27(35)21(16-28)25(29-20-9-10-23-19(15-20)14-18(2)37-23)30-22-8-4-5-13-32(26(22)34)17-24(33)31-11-6-7-12-31/h9-10,14-15,22,29-30H,3-8,11-13,17H2,1-2H3/b25-21+/t22-/m0/s1. The predicted molar refractivity (Wildman–Crippen MR) is 137 cm³/mol. The monoisotopic (exact) mass is 507 g/mol. The Morgan fingerprint density at radius 2 is 1.92 bits per heavy atom. The van der Waals surface area contributed by atoms with Gasteiger partial charge in [-0.1, -0.05) is 0 Å². The van der Waals surface area contributed by atoms with Crippen LogP contribution in [0, 0.1) is 18.3 Å². The lowest BCUT2D eigenvalue weighted by atomic mass is 10.1. The van der Waals surface area contributed by atoms with Crippen molar-refractivity contribution in [3.05, 3.63) is 41.4 Å². The first-order valence-corrected chi connectivity index (χ1v) is 12.8. The fraction of sp³-hybridized carbons (Fsp3) is 0.481. The Morgan fingerprint density at radius 3 is 2.65 bits per heavy atom. The number of hydrogen-bond acceptors (Lipinski definition) is 8. The molecule has 0 unspecified atom stereocenters. The zero-order valence-corrected chi connectivity index (χ0v) is 21.3. The minimum Gasteiger partial charge on any atom is -0.462 e. The number of nitrogens with one attached hydrogen (secondary N) is 2. The van der Waals surface area contributed by atoms with Gasteiger partial charge in [0.2, 0.25) is 11.8 Å². The van der Waals surface area contributed by atoms with E-state index >= 15 is 0 Å². The molecule has 2 saturated heterocycles. The van der Waals surface area contributed by atoms with Gasteiger partial charge in [-0.05, 0) is 70.2 Å². The van der Waals surface area contributed by atoms with E-state index in [1.165, 1.54) is 0 Å². The summed E-state index contributed by atoms with van der Waals surface area (Å²) in [6, 6.07) is 8.49. The normalized spacial score (nSPS) is 18.7. The molecule has 0 saturated carbocycles. The van der Waals surface area contributed by atoms with E-state index in [0.29, 0.717) is 24.2 Å². The molecule has 1 aromatic carbocycles. The minimum absolute atomic E-state index is 0.0307. The number of ether oxygens (including phenoxy) is 1. The third-order valence-electron chi connectivity index (χ3n) is 6.63. The first-order chi connectivity index (χ1) is 17.9. The maximum absolute atomic E-state index is 13.5. The van der Waals surface area contributed by atoms with Crippen LogP contribution in [0.4, 0.5) is 5.69 Å². The molecule has 196 valence electrons. The predicted octanol–water partition coefficient (Wildman–Crippen LogP) is 3.04. The van der Waals surface area contributed by atoms with E-state index in [4.69, 9.17) is 9.15 Å². The summed E-state index contributed by atoms with van der Waals surface area (Å²) in [6.07, 6.45) is 3.99. The second-order valence-corrected chi connectivity index (χ2v) is 9.36. The molecule has 0 bridgehead atoms. The molecule has 10 nitrogen and oxygen atoms in total. The van der Waals surface area contributed by atoms with E-state index in [2.05, 4.69) is 10.6 Å². The molecular weight excluding hydrogens is 474 g/mol. The number of amides is 2. The molecule has 2 fully saturated rings. The van der Waals surface area contributed by atoms with E-state index in [-0.39, 0.29) is 36.4 Å². The molecule has 2 aliphatic rings. The average molecular weight is 508 g/mol. The molecule has 10 heteroatoms. The van der Waals surface area contributed by atoms with E-state index in [1.54, 1.807) is 28.9 Å². The van der Waals surface area contributed by atoms with Crippen molar-refractivity contribution >= 4 is 34.4 Å². The quantitative estimate of drug-likeness (QED) is 0.317. The van der Waals surface area contributed by atoms with Crippen molar-refractivity contribution in [1.82, 2.24) is 15.1 Å². The third kappa shape index (κ3) is 6.23. The number of carbonyl (C=O) groups excluding carboxylic acids is 3. The van der Waals surface area contributed by atoms with Crippen molar-refractivity contribution in [2.75, 3.05) is 38.1 Å². The maximum Gasteiger partial charge on any atom is 0.352 e. The van der Waals surface area contributed by atoms with E-state index in [9.17, 15) is 19.6 Å². The summed E-state index contributed by atoms with van der Waals surface area (Å²) in [5.74, 6) is -0.216. The van der Waals surface area contributed by atoms with Gasteiger partial charge in [-0.3, -0.25) is 9.59 Å². The lowest BCUT2D eigenvalue weighted by Crippen LogP contribution is -2.49. The van der Waals surface area contributed by atoms with Crippen LogP contribution < -0.4 is 10.6 Å². The summed E-state index contributed by atoms with van der Waals surface area (Å²) >= 11 is 0. The molecule has 0 spiro atoms. The third-order valence-corrected chi connectivity index (χ3v) is 6.63. The number of hydrogen-bond donors (Lipinski definition) is 2. The summed E-state index contributed by atoms with van der Waals surface area (Å²) in [5.41, 5.74) is 1.06. The van der Waals surface area contributed by atoms with Gasteiger partial charge in [0.15, 0.2) is 5.57 Å². The Hall–Kier alpha value is -4.00. The molecule has 0 radical (unpaired) electrons. The minimum atomic E-state index is -0.789. The van der Waals surface area contributed by atoms with Crippen LogP contribution in [-0.2, 0) is 19.1 Å². The number of esters is 1. The van der Waals surface area contributed by atoms with Gasteiger partial charge >= 0.3 is 5.97 Å². The zero-order valence-electron chi connectivity index (χ0n) is 21.3. The molecule has 4 rings (SSSR count). The van der Waals surface area contributed by atoms with Crippen molar-refractivity contribution in [3.8, 4) is 6.07 Å². The first kappa shape index (κ1) is 26.1. The Balaban J connectivity index is 1.59. The molecule has 37 heavy (non-hydrogen) atoms. The number of likely N-dealkylation sites (tertiary alicyclic amines) is 2. The zero-order chi connectivity index (χ0) is 26.4. The van der Waals surface area contributed by atoms with E-state index < -0.39 is 12.0 Å². The molecule has 2 amide bonds. The Morgan fingerprint density at radius 1 is 1.16 bits per heavy atom. The molecule has 2 aromatic rings. The van der Waals surface area contributed by atoms with Gasteiger partial charge in [-0.25, -0.2) is 4.79 Å². The highest BCUT2D eigenvalue weighted by Gasteiger charge is 2.31. The van der Waals surface area contributed by atoms with Crippen LogP contribution >= 0.6 is 0 Å². The molecule has 2 N–H and O–H groups in total. The second kappa shape index (κ2) is 11.8. The van der Waals surface area contributed by atoms with Gasteiger partial charge < -0.3 is 29.6 Å². The SMILES string of the molecule is CCOC(=O)/C(C#N)=C(\Nc1ccc2oc(C)cc2c1)N[C@H]1CCCCN(CC(=O)N2CCCC2)C1=O. The number of furan rings is 1. The van der Waals surface area contributed by atoms with Gasteiger partial charge in [-0.2, -0.15) is 5.26 Å². The van der Waals surface area contributed by atoms with Gasteiger partial charge in [0, 0.05) is 30.7 Å². The number of nitrogens with zero attached hydrogens (tertiary/aromatic N) is 3. The Kier molecular flexibility index (Phi) is 8.33. The smallest absolute Gasteiger partial charge is 0.352 e. The van der Waals surface area contributed by atoms with Crippen molar-refractivity contribution in [2.45, 2.75) is 52.0 Å².